The van der Waals surface area contributed by atoms with Gasteiger partial charge in [0.1, 0.15) is 11.6 Å². The molecule has 0 radical (unpaired) electrons. The summed E-state index contributed by atoms with van der Waals surface area (Å²) in [5, 5.41) is 3.23. The first kappa shape index (κ1) is 9.84. The Hall–Kier alpha value is -1.25. The molecule has 0 aliphatic heterocycles. The van der Waals surface area contributed by atoms with Crippen molar-refractivity contribution in [3.63, 3.8) is 0 Å². The summed E-state index contributed by atoms with van der Waals surface area (Å²) < 4.78 is 0. The average molecular weight is 179 g/mol. The maximum atomic E-state index is 5.54. The number of nitrogens with one attached hydrogen (secondary N) is 1. The summed E-state index contributed by atoms with van der Waals surface area (Å²) in [6, 6.07) is 5.62. The van der Waals surface area contributed by atoms with Crippen molar-refractivity contribution in [2.24, 2.45) is 5.92 Å². The standard InChI is InChI=1S/C10H17N3/c1-8(2)6-7-12-10-5-3-4-9(11)13-10/h3-5,8H,6-7H2,1-2H3,(H3,11,12,13). The second-order valence-corrected chi connectivity index (χ2v) is 3.56. The van der Waals surface area contributed by atoms with Crippen molar-refractivity contribution in [2.75, 3.05) is 17.6 Å². The molecule has 1 aromatic heterocycles. The van der Waals surface area contributed by atoms with Crippen LogP contribution in [0.15, 0.2) is 18.2 Å². The van der Waals surface area contributed by atoms with E-state index in [0.717, 1.165) is 18.8 Å². The Kier molecular flexibility index (Phi) is 3.55. The Balaban J connectivity index is 2.37. The van der Waals surface area contributed by atoms with Crippen LogP contribution in [0.25, 0.3) is 0 Å². The number of aromatic nitrogens is 1. The van der Waals surface area contributed by atoms with Gasteiger partial charge in [-0.1, -0.05) is 19.9 Å². The van der Waals surface area contributed by atoms with Crippen LogP contribution in [-0.2, 0) is 0 Å². The Morgan fingerprint density at radius 2 is 2.23 bits per heavy atom. The Labute approximate surface area is 79.4 Å². The first-order chi connectivity index (χ1) is 6.18. The third kappa shape index (κ3) is 3.78. The molecule has 1 rings (SSSR count). The van der Waals surface area contributed by atoms with E-state index in [-0.39, 0.29) is 0 Å². The van der Waals surface area contributed by atoms with Crippen LogP contribution in [-0.4, -0.2) is 11.5 Å². The van der Waals surface area contributed by atoms with E-state index in [2.05, 4.69) is 24.1 Å². The molecule has 13 heavy (non-hydrogen) atoms. The zero-order valence-electron chi connectivity index (χ0n) is 8.25. The number of anilines is 2. The van der Waals surface area contributed by atoms with Crippen molar-refractivity contribution in [3.05, 3.63) is 18.2 Å². The lowest BCUT2D eigenvalue weighted by Gasteiger charge is -2.07. The summed E-state index contributed by atoms with van der Waals surface area (Å²) in [6.45, 7) is 5.36. The van der Waals surface area contributed by atoms with E-state index in [1.54, 1.807) is 6.07 Å². The molecule has 0 unspecified atom stereocenters. The third-order valence-electron chi connectivity index (χ3n) is 1.80. The van der Waals surface area contributed by atoms with Crippen LogP contribution < -0.4 is 11.1 Å². The number of pyridine rings is 1. The monoisotopic (exact) mass is 179 g/mol. The summed E-state index contributed by atoms with van der Waals surface area (Å²) in [6.07, 6.45) is 1.15. The highest BCUT2D eigenvalue weighted by Crippen LogP contribution is 2.06. The lowest BCUT2D eigenvalue weighted by molar-refractivity contribution is 0.606. The van der Waals surface area contributed by atoms with Gasteiger partial charge in [0, 0.05) is 6.54 Å². The van der Waals surface area contributed by atoms with Gasteiger partial charge in [0.05, 0.1) is 0 Å². The van der Waals surface area contributed by atoms with Crippen LogP contribution in [0.5, 0.6) is 0 Å². The van der Waals surface area contributed by atoms with Gasteiger partial charge in [-0.25, -0.2) is 4.98 Å². The maximum absolute atomic E-state index is 5.54. The normalized spacial score (nSPS) is 10.4. The van der Waals surface area contributed by atoms with E-state index in [1.807, 2.05) is 12.1 Å². The number of nitrogens with zero attached hydrogens (tertiary/aromatic N) is 1. The first-order valence-electron chi connectivity index (χ1n) is 4.65. The largest absolute Gasteiger partial charge is 0.384 e. The molecule has 3 N–H and O–H groups in total. The number of nitrogen functional groups attached to an aromatic ring is 1. The number of hydrogen-bond donors (Lipinski definition) is 2. The van der Waals surface area contributed by atoms with Crippen molar-refractivity contribution in [2.45, 2.75) is 20.3 Å². The number of nitrogens with two attached hydrogens (primary N) is 1. The van der Waals surface area contributed by atoms with Gasteiger partial charge in [0.2, 0.25) is 0 Å². The molecular formula is C10H17N3. The molecule has 72 valence electrons. The van der Waals surface area contributed by atoms with Gasteiger partial charge in [-0.2, -0.15) is 0 Å². The van der Waals surface area contributed by atoms with Crippen molar-refractivity contribution in [1.29, 1.82) is 0 Å². The quantitative estimate of drug-likeness (QED) is 0.744. The highest BCUT2D eigenvalue weighted by atomic mass is 15.0. The van der Waals surface area contributed by atoms with Crippen LogP contribution in [0.2, 0.25) is 0 Å². The summed E-state index contributed by atoms with van der Waals surface area (Å²) >= 11 is 0. The highest BCUT2D eigenvalue weighted by Gasteiger charge is 1.95. The van der Waals surface area contributed by atoms with Gasteiger partial charge in [-0.3, -0.25) is 0 Å². The predicted molar refractivity (Wildman–Crippen MR) is 56.6 cm³/mol. The van der Waals surface area contributed by atoms with Gasteiger partial charge in [0.15, 0.2) is 0 Å². The lowest BCUT2D eigenvalue weighted by Crippen LogP contribution is -2.06. The Morgan fingerprint density at radius 1 is 1.46 bits per heavy atom. The SMILES string of the molecule is CC(C)CCNc1cccc(N)n1. The van der Waals surface area contributed by atoms with Crippen molar-refractivity contribution >= 4 is 11.6 Å². The molecule has 0 saturated heterocycles. The van der Waals surface area contributed by atoms with Gasteiger partial charge < -0.3 is 11.1 Å². The fraction of sp³-hybridized carbons (Fsp3) is 0.500. The van der Waals surface area contributed by atoms with Crippen molar-refractivity contribution in [1.82, 2.24) is 4.98 Å². The second-order valence-electron chi connectivity index (χ2n) is 3.56. The van der Waals surface area contributed by atoms with Crippen LogP contribution in [0, 0.1) is 5.92 Å². The van der Waals surface area contributed by atoms with E-state index in [9.17, 15) is 0 Å². The zero-order chi connectivity index (χ0) is 9.68. The summed E-state index contributed by atoms with van der Waals surface area (Å²) in [7, 11) is 0. The predicted octanol–water partition coefficient (Wildman–Crippen LogP) is 2.12. The van der Waals surface area contributed by atoms with Crippen LogP contribution in [0.1, 0.15) is 20.3 Å². The highest BCUT2D eigenvalue weighted by molar-refractivity contribution is 5.41. The molecule has 0 aliphatic carbocycles. The summed E-state index contributed by atoms with van der Waals surface area (Å²) in [5.41, 5.74) is 5.54. The van der Waals surface area contributed by atoms with Gasteiger partial charge in [0.25, 0.3) is 0 Å². The van der Waals surface area contributed by atoms with E-state index in [1.165, 1.54) is 0 Å². The van der Waals surface area contributed by atoms with E-state index in [0.29, 0.717) is 11.7 Å². The number of rotatable bonds is 4. The minimum atomic E-state index is 0.564. The van der Waals surface area contributed by atoms with Gasteiger partial charge >= 0.3 is 0 Å². The summed E-state index contributed by atoms with van der Waals surface area (Å²) in [5.74, 6) is 2.14. The van der Waals surface area contributed by atoms with E-state index >= 15 is 0 Å². The van der Waals surface area contributed by atoms with Crippen LogP contribution >= 0.6 is 0 Å². The van der Waals surface area contributed by atoms with Crippen molar-refractivity contribution in [3.8, 4) is 0 Å². The number of hydrogen-bond acceptors (Lipinski definition) is 3. The molecular weight excluding hydrogens is 162 g/mol. The minimum absolute atomic E-state index is 0.564. The van der Waals surface area contributed by atoms with Gasteiger partial charge in [-0.15, -0.1) is 0 Å². The molecule has 0 aliphatic rings. The van der Waals surface area contributed by atoms with E-state index < -0.39 is 0 Å². The molecule has 3 nitrogen and oxygen atoms in total. The second kappa shape index (κ2) is 4.70. The molecule has 0 bridgehead atoms. The molecule has 1 aromatic rings. The Bertz CT molecular complexity index is 258. The smallest absolute Gasteiger partial charge is 0.128 e. The topological polar surface area (TPSA) is 50.9 Å². The fourth-order valence-corrected chi connectivity index (χ4v) is 1.04. The summed E-state index contributed by atoms with van der Waals surface area (Å²) in [4.78, 5) is 4.14. The molecule has 0 saturated carbocycles. The maximum Gasteiger partial charge on any atom is 0.128 e. The fourth-order valence-electron chi connectivity index (χ4n) is 1.04. The molecule has 0 amide bonds. The minimum Gasteiger partial charge on any atom is -0.384 e. The lowest BCUT2D eigenvalue weighted by atomic mass is 10.1. The van der Waals surface area contributed by atoms with Crippen LogP contribution in [0.4, 0.5) is 11.6 Å². The molecule has 1 heterocycles. The molecule has 0 aromatic carbocycles. The third-order valence-corrected chi connectivity index (χ3v) is 1.80. The molecule has 0 atom stereocenters. The molecule has 0 spiro atoms. The van der Waals surface area contributed by atoms with Crippen molar-refractivity contribution < 1.29 is 0 Å². The van der Waals surface area contributed by atoms with Gasteiger partial charge in [-0.05, 0) is 24.5 Å². The Morgan fingerprint density at radius 3 is 2.85 bits per heavy atom. The molecule has 3 heteroatoms. The van der Waals surface area contributed by atoms with E-state index in [4.69, 9.17) is 5.73 Å². The van der Waals surface area contributed by atoms with Crippen LogP contribution in [0.3, 0.4) is 0 Å². The average Bonchev–Trinajstić information content (AvgIpc) is 2.03. The molecule has 0 fully saturated rings. The zero-order valence-corrected chi connectivity index (χ0v) is 8.25. The first-order valence-corrected chi connectivity index (χ1v) is 4.65.